The highest BCUT2D eigenvalue weighted by atomic mass is 32.1. The summed E-state index contributed by atoms with van der Waals surface area (Å²) in [4.78, 5) is 6.19. The quantitative estimate of drug-likeness (QED) is 0.477. The molecule has 148 valence electrons. The Hall–Kier alpha value is -2.32. The van der Waals surface area contributed by atoms with Crippen LogP contribution in [0.4, 0.5) is 5.69 Å². The first kappa shape index (κ1) is 21.0. The lowest BCUT2D eigenvalue weighted by Crippen LogP contribution is -2.29. The Kier molecular flexibility index (Phi) is 8.35. The van der Waals surface area contributed by atoms with E-state index in [1.54, 1.807) is 7.11 Å². The molecule has 0 saturated heterocycles. The van der Waals surface area contributed by atoms with Gasteiger partial charge in [0.15, 0.2) is 16.6 Å². The van der Waals surface area contributed by atoms with E-state index in [4.69, 9.17) is 21.7 Å². The highest BCUT2D eigenvalue weighted by Gasteiger charge is 2.07. The van der Waals surface area contributed by atoms with Gasteiger partial charge in [0.25, 0.3) is 0 Å². The van der Waals surface area contributed by atoms with Gasteiger partial charge in [-0.25, -0.2) is 4.98 Å². The molecule has 1 heterocycles. The van der Waals surface area contributed by atoms with E-state index in [1.807, 2.05) is 51.7 Å². The van der Waals surface area contributed by atoms with E-state index in [2.05, 4.69) is 25.1 Å². The minimum Gasteiger partial charge on any atom is -0.493 e. The van der Waals surface area contributed by atoms with Gasteiger partial charge in [0, 0.05) is 43.3 Å². The van der Waals surface area contributed by atoms with Gasteiger partial charge in [-0.1, -0.05) is 0 Å². The van der Waals surface area contributed by atoms with Gasteiger partial charge in [-0.05, 0) is 51.8 Å². The number of benzene rings is 1. The van der Waals surface area contributed by atoms with Crippen LogP contribution in [-0.4, -0.2) is 60.5 Å². The molecule has 27 heavy (non-hydrogen) atoms. The molecule has 0 aliphatic carbocycles. The number of nitrogens with zero attached hydrogens (tertiary/aromatic N) is 3. The predicted octanol–water partition coefficient (Wildman–Crippen LogP) is 2.52. The molecule has 2 N–H and O–H groups in total. The maximum absolute atomic E-state index is 5.77. The van der Waals surface area contributed by atoms with E-state index in [1.165, 1.54) is 0 Å². The fraction of sp³-hybridized carbons (Fsp3) is 0.474. The number of rotatable bonds is 10. The third-order valence-corrected chi connectivity index (χ3v) is 4.25. The number of hydrogen-bond acceptors (Lipinski definition) is 5. The minimum absolute atomic E-state index is 0.584. The SMILES string of the molecule is COc1cc(NC(=S)NCCCn2cncc2C)ccc1OCCN(C)C. The van der Waals surface area contributed by atoms with Crippen molar-refractivity contribution in [2.45, 2.75) is 19.9 Å². The molecule has 2 aromatic rings. The van der Waals surface area contributed by atoms with Gasteiger partial charge in [-0.3, -0.25) is 0 Å². The molecule has 0 unspecified atom stereocenters. The second-order valence-corrected chi connectivity index (χ2v) is 6.89. The van der Waals surface area contributed by atoms with Gasteiger partial charge in [-0.2, -0.15) is 0 Å². The summed E-state index contributed by atoms with van der Waals surface area (Å²) in [5, 5.41) is 6.99. The monoisotopic (exact) mass is 391 g/mol. The summed E-state index contributed by atoms with van der Waals surface area (Å²) >= 11 is 5.37. The van der Waals surface area contributed by atoms with Crippen LogP contribution in [0.2, 0.25) is 0 Å². The maximum Gasteiger partial charge on any atom is 0.170 e. The van der Waals surface area contributed by atoms with Gasteiger partial charge in [-0.15, -0.1) is 0 Å². The number of aryl methyl sites for hydroxylation is 2. The average Bonchev–Trinajstić information content (AvgIpc) is 3.04. The standard InChI is InChI=1S/C19H29N5O2S/c1-15-13-20-14-24(15)9-5-8-21-19(27)22-16-6-7-17(18(12-16)25-4)26-11-10-23(2)3/h6-7,12-14H,5,8-11H2,1-4H3,(H2,21,22,27). The number of methoxy groups -OCH3 is 1. The Morgan fingerprint density at radius 3 is 2.78 bits per heavy atom. The van der Waals surface area contributed by atoms with Gasteiger partial charge in [0.1, 0.15) is 6.61 Å². The molecule has 7 nitrogen and oxygen atoms in total. The van der Waals surface area contributed by atoms with Crippen LogP contribution in [0.25, 0.3) is 0 Å². The van der Waals surface area contributed by atoms with E-state index in [0.29, 0.717) is 17.5 Å². The first-order valence-electron chi connectivity index (χ1n) is 8.96. The zero-order valence-electron chi connectivity index (χ0n) is 16.5. The second kappa shape index (κ2) is 10.7. The van der Waals surface area contributed by atoms with Crippen molar-refractivity contribution in [3.05, 3.63) is 36.4 Å². The van der Waals surface area contributed by atoms with Crippen LogP contribution in [0.5, 0.6) is 11.5 Å². The molecule has 0 bridgehead atoms. The van der Waals surface area contributed by atoms with Crippen LogP contribution in [-0.2, 0) is 6.54 Å². The molecule has 0 aliphatic rings. The molecule has 0 amide bonds. The number of ether oxygens (including phenoxy) is 2. The van der Waals surface area contributed by atoms with Gasteiger partial charge >= 0.3 is 0 Å². The average molecular weight is 392 g/mol. The topological polar surface area (TPSA) is 63.6 Å². The smallest absolute Gasteiger partial charge is 0.170 e. The van der Waals surface area contributed by atoms with Gasteiger partial charge in [0.2, 0.25) is 0 Å². The fourth-order valence-corrected chi connectivity index (χ4v) is 2.67. The normalized spacial score (nSPS) is 10.7. The van der Waals surface area contributed by atoms with Crippen LogP contribution in [0.3, 0.4) is 0 Å². The summed E-state index contributed by atoms with van der Waals surface area (Å²) < 4.78 is 13.3. The van der Waals surface area contributed by atoms with E-state index >= 15 is 0 Å². The Morgan fingerprint density at radius 2 is 2.11 bits per heavy atom. The first-order valence-corrected chi connectivity index (χ1v) is 9.37. The summed E-state index contributed by atoms with van der Waals surface area (Å²) in [6.45, 7) is 5.19. The molecular weight excluding hydrogens is 362 g/mol. The van der Waals surface area contributed by atoms with Crippen molar-refractivity contribution in [1.29, 1.82) is 0 Å². The molecular formula is C19H29N5O2S. The molecule has 0 fully saturated rings. The molecule has 1 aromatic carbocycles. The number of aromatic nitrogens is 2. The van der Waals surface area contributed by atoms with Crippen molar-refractivity contribution in [1.82, 2.24) is 19.8 Å². The van der Waals surface area contributed by atoms with Crippen LogP contribution >= 0.6 is 12.2 Å². The van der Waals surface area contributed by atoms with Crippen molar-refractivity contribution in [2.24, 2.45) is 0 Å². The minimum atomic E-state index is 0.584. The lowest BCUT2D eigenvalue weighted by Gasteiger charge is -2.15. The summed E-state index contributed by atoms with van der Waals surface area (Å²) in [6, 6.07) is 5.70. The van der Waals surface area contributed by atoms with Crippen molar-refractivity contribution in [3.63, 3.8) is 0 Å². The maximum atomic E-state index is 5.77. The third kappa shape index (κ3) is 7.07. The molecule has 1 aromatic heterocycles. The zero-order chi connectivity index (χ0) is 19.6. The number of likely N-dealkylation sites (N-methyl/N-ethyl adjacent to an activating group) is 1. The molecule has 0 atom stereocenters. The van der Waals surface area contributed by atoms with Crippen LogP contribution in [0.15, 0.2) is 30.7 Å². The fourth-order valence-electron chi connectivity index (χ4n) is 2.45. The molecule has 0 aliphatic heterocycles. The molecule has 0 radical (unpaired) electrons. The Balaban J connectivity index is 1.78. The highest BCUT2D eigenvalue weighted by Crippen LogP contribution is 2.30. The van der Waals surface area contributed by atoms with E-state index in [9.17, 15) is 0 Å². The molecule has 8 heteroatoms. The number of nitrogens with one attached hydrogen (secondary N) is 2. The number of thiocarbonyl (C=S) groups is 1. The Bertz CT molecular complexity index is 733. The zero-order valence-corrected chi connectivity index (χ0v) is 17.3. The lowest BCUT2D eigenvalue weighted by molar-refractivity contribution is 0.251. The van der Waals surface area contributed by atoms with Crippen LogP contribution in [0.1, 0.15) is 12.1 Å². The van der Waals surface area contributed by atoms with E-state index < -0.39 is 0 Å². The summed E-state index contributed by atoms with van der Waals surface area (Å²) in [6.07, 6.45) is 4.67. The molecule has 0 saturated carbocycles. The second-order valence-electron chi connectivity index (χ2n) is 6.48. The predicted molar refractivity (Wildman–Crippen MR) is 113 cm³/mol. The Morgan fingerprint density at radius 1 is 1.30 bits per heavy atom. The number of imidazole rings is 1. The third-order valence-electron chi connectivity index (χ3n) is 4.00. The summed E-state index contributed by atoms with van der Waals surface area (Å²) in [5.74, 6) is 1.40. The van der Waals surface area contributed by atoms with E-state index in [0.717, 1.165) is 43.2 Å². The summed E-state index contributed by atoms with van der Waals surface area (Å²) in [7, 11) is 5.66. The largest absolute Gasteiger partial charge is 0.493 e. The highest BCUT2D eigenvalue weighted by molar-refractivity contribution is 7.80. The Labute approximate surface area is 166 Å². The number of hydrogen-bond donors (Lipinski definition) is 2. The van der Waals surface area contributed by atoms with Crippen molar-refractivity contribution < 1.29 is 9.47 Å². The van der Waals surface area contributed by atoms with E-state index in [-0.39, 0.29) is 0 Å². The first-order chi connectivity index (χ1) is 13.0. The van der Waals surface area contributed by atoms with Crippen LogP contribution in [0, 0.1) is 6.92 Å². The lowest BCUT2D eigenvalue weighted by atomic mass is 10.2. The molecule has 0 spiro atoms. The van der Waals surface area contributed by atoms with Crippen molar-refractivity contribution in [2.75, 3.05) is 46.2 Å². The number of anilines is 1. The summed E-state index contributed by atoms with van der Waals surface area (Å²) in [5.41, 5.74) is 2.02. The van der Waals surface area contributed by atoms with Crippen LogP contribution < -0.4 is 20.1 Å². The van der Waals surface area contributed by atoms with Crippen molar-refractivity contribution >= 4 is 23.0 Å². The van der Waals surface area contributed by atoms with Crippen molar-refractivity contribution in [3.8, 4) is 11.5 Å². The van der Waals surface area contributed by atoms with Gasteiger partial charge < -0.3 is 29.6 Å². The molecule has 2 rings (SSSR count). The van der Waals surface area contributed by atoms with Gasteiger partial charge in [0.05, 0.1) is 13.4 Å².